The number of ether oxygens (including phenoxy) is 1. The fraction of sp³-hybridized carbons (Fsp3) is 0.167. The second-order valence-electron chi connectivity index (χ2n) is 7.32. The van der Waals surface area contributed by atoms with E-state index < -0.39 is 4.92 Å². The zero-order valence-electron chi connectivity index (χ0n) is 17.8. The Morgan fingerprint density at radius 2 is 2.00 bits per heavy atom. The highest BCUT2D eigenvalue weighted by Crippen LogP contribution is 2.35. The van der Waals surface area contributed by atoms with Crippen LogP contribution in [0.3, 0.4) is 0 Å². The Balaban J connectivity index is 1.72. The number of nitrogens with zero attached hydrogens (tertiary/aromatic N) is 3. The van der Waals surface area contributed by atoms with E-state index in [9.17, 15) is 15.2 Å². The third kappa shape index (κ3) is 4.15. The molecule has 0 aliphatic carbocycles. The van der Waals surface area contributed by atoms with Gasteiger partial charge in [0.2, 0.25) is 5.89 Å². The van der Waals surface area contributed by atoms with Gasteiger partial charge in [-0.3, -0.25) is 15.1 Å². The van der Waals surface area contributed by atoms with Crippen LogP contribution in [0.1, 0.15) is 23.6 Å². The number of non-ortho nitro benzene ring substituents is 1. The number of benzene rings is 3. The zero-order valence-corrected chi connectivity index (χ0v) is 17.8. The molecule has 1 aromatic heterocycles. The highest BCUT2D eigenvalue weighted by atomic mass is 16.6. The number of aryl methyl sites for hydroxylation is 2. The number of nitro benzene ring substituents is 1. The molecule has 1 N–H and O–H groups in total. The number of hydrogen-bond acceptors (Lipinski definition) is 7. The first-order valence-electron chi connectivity index (χ1n) is 10.0. The first-order valence-corrected chi connectivity index (χ1v) is 10.0. The molecule has 0 unspecified atom stereocenters. The Hall–Kier alpha value is -4.20. The zero-order chi connectivity index (χ0) is 22.8. The number of nitro groups is 1. The van der Waals surface area contributed by atoms with E-state index in [2.05, 4.69) is 9.98 Å². The van der Waals surface area contributed by atoms with E-state index in [0.717, 1.165) is 22.2 Å². The lowest BCUT2D eigenvalue weighted by molar-refractivity contribution is -0.385. The van der Waals surface area contributed by atoms with Gasteiger partial charge >= 0.3 is 0 Å². The molecule has 32 heavy (non-hydrogen) atoms. The highest BCUT2D eigenvalue weighted by Gasteiger charge is 2.16. The molecule has 162 valence electrons. The van der Waals surface area contributed by atoms with Crippen molar-refractivity contribution < 1.29 is 19.2 Å². The minimum atomic E-state index is -0.542. The summed E-state index contributed by atoms with van der Waals surface area (Å²) in [5.41, 5.74) is 4.78. The molecular weight excluding hydrogens is 410 g/mol. The Morgan fingerprint density at radius 3 is 2.75 bits per heavy atom. The molecule has 0 saturated carbocycles. The predicted molar refractivity (Wildman–Crippen MR) is 122 cm³/mol. The van der Waals surface area contributed by atoms with E-state index in [4.69, 9.17) is 9.15 Å². The molecule has 4 aromatic rings. The van der Waals surface area contributed by atoms with E-state index in [0.29, 0.717) is 17.2 Å². The second-order valence-corrected chi connectivity index (χ2v) is 7.32. The summed E-state index contributed by atoms with van der Waals surface area (Å²) >= 11 is 0. The van der Waals surface area contributed by atoms with E-state index in [-0.39, 0.29) is 29.4 Å². The SMILES string of the molecule is CCOc1cc([N+](=O)[O-])cc(C=Nc2cc(-c3nc4ccc(C)cc4o3)ccc2C)c1O. The predicted octanol–water partition coefficient (Wildman–Crippen LogP) is 5.87. The maximum Gasteiger partial charge on any atom is 0.274 e. The first-order chi connectivity index (χ1) is 15.4. The molecule has 0 spiro atoms. The van der Waals surface area contributed by atoms with Gasteiger partial charge in [-0.05, 0) is 56.2 Å². The number of rotatable bonds is 6. The van der Waals surface area contributed by atoms with Crippen molar-refractivity contribution >= 4 is 28.7 Å². The van der Waals surface area contributed by atoms with Gasteiger partial charge in [0.25, 0.3) is 5.69 Å². The summed E-state index contributed by atoms with van der Waals surface area (Å²) < 4.78 is 11.2. The molecule has 0 bridgehead atoms. The minimum Gasteiger partial charge on any atom is -0.504 e. The van der Waals surface area contributed by atoms with Gasteiger partial charge in [0.1, 0.15) is 5.52 Å². The number of aromatic nitrogens is 1. The van der Waals surface area contributed by atoms with Crippen molar-refractivity contribution in [2.75, 3.05) is 6.61 Å². The van der Waals surface area contributed by atoms with Gasteiger partial charge in [0.05, 0.1) is 23.3 Å². The summed E-state index contributed by atoms with van der Waals surface area (Å²) in [4.78, 5) is 19.7. The summed E-state index contributed by atoms with van der Waals surface area (Å²) in [6.07, 6.45) is 1.38. The van der Waals surface area contributed by atoms with Crippen LogP contribution in [-0.4, -0.2) is 27.8 Å². The van der Waals surface area contributed by atoms with Crippen molar-refractivity contribution in [3.63, 3.8) is 0 Å². The Morgan fingerprint density at radius 1 is 1.19 bits per heavy atom. The standard InChI is InChI=1S/C24H21N3O5/c1-4-31-22-12-18(27(29)30)10-17(23(22)28)13-25-20-11-16(7-6-15(20)3)24-26-19-8-5-14(2)9-21(19)32-24/h5-13,28H,4H2,1-3H3. The van der Waals surface area contributed by atoms with Crippen molar-refractivity contribution in [1.82, 2.24) is 4.98 Å². The molecule has 0 aliphatic rings. The smallest absolute Gasteiger partial charge is 0.274 e. The summed E-state index contributed by atoms with van der Waals surface area (Å²) in [6.45, 7) is 5.87. The van der Waals surface area contributed by atoms with Crippen LogP contribution in [0.4, 0.5) is 11.4 Å². The quantitative estimate of drug-likeness (QED) is 0.232. The fourth-order valence-corrected chi connectivity index (χ4v) is 3.26. The molecule has 1 heterocycles. The molecular formula is C24H21N3O5. The van der Waals surface area contributed by atoms with Crippen LogP contribution in [-0.2, 0) is 0 Å². The maximum absolute atomic E-state index is 11.3. The lowest BCUT2D eigenvalue weighted by Crippen LogP contribution is -1.97. The van der Waals surface area contributed by atoms with Crippen LogP contribution >= 0.6 is 0 Å². The van der Waals surface area contributed by atoms with Crippen molar-refractivity contribution in [2.24, 2.45) is 4.99 Å². The van der Waals surface area contributed by atoms with Gasteiger partial charge in [-0.2, -0.15) is 0 Å². The van der Waals surface area contributed by atoms with Crippen molar-refractivity contribution in [3.05, 3.63) is 75.3 Å². The molecule has 8 nitrogen and oxygen atoms in total. The average molecular weight is 431 g/mol. The molecule has 0 saturated heterocycles. The Kier molecular flexibility index (Phi) is 5.59. The lowest BCUT2D eigenvalue weighted by atomic mass is 10.1. The van der Waals surface area contributed by atoms with Gasteiger partial charge in [0, 0.05) is 23.4 Å². The van der Waals surface area contributed by atoms with Crippen LogP contribution < -0.4 is 4.74 Å². The monoisotopic (exact) mass is 431 g/mol. The lowest BCUT2D eigenvalue weighted by Gasteiger charge is -2.08. The maximum atomic E-state index is 11.3. The number of phenols is 1. The topological polar surface area (TPSA) is 111 Å². The van der Waals surface area contributed by atoms with E-state index in [1.54, 1.807) is 6.92 Å². The molecule has 3 aromatic carbocycles. The summed E-state index contributed by atoms with van der Waals surface area (Å²) in [5, 5.41) is 21.7. The van der Waals surface area contributed by atoms with Gasteiger partial charge in [-0.25, -0.2) is 4.98 Å². The summed E-state index contributed by atoms with van der Waals surface area (Å²) in [6, 6.07) is 13.9. The molecule has 8 heteroatoms. The number of aromatic hydroxyl groups is 1. The Bertz CT molecular complexity index is 1360. The summed E-state index contributed by atoms with van der Waals surface area (Å²) in [5.74, 6) is 0.304. The number of aliphatic imine (C=N–C) groups is 1. The Labute approximate surface area is 184 Å². The van der Waals surface area contributed by atoms with Gasteiger partial charge in [-0.1, -0.05) is 12.1 Å². The van der Waals surface area contributed by atoms with Crippen LogP contribution in [0.25, 0.3) is 22.6 Å². The van der Waals surface area contributed by atoms with Crippen molar-refractivity contribution in [3.8, 4) is 23.0 Å². The van der Waals surface area contributed by atoms with Crippen molar-refractivity contribution in [1.29, 1.82) is 0 Å². The molecule has 4 rings (SSSR count). The van der Waals surface area contributed by atoms with Crippen LogP contribution in [0.2, 0.25) is 0 Å². The van der Waals surface area contributed by atoms with Crippen LogP contribution in [0.5, 0.6) is 11.5 Å². The third-order valence-electron chi connectivity index (χ3n) is 4.94. The average Bonchev–Trinajstić information content (AvgIpc) is 3.18. The number of hydrogen-bond donors (Lipinski definition) is 1. The fourth-order valence-electron chi connectivity index (χ4n) is 3.26. The van der Waals surface area contributed by atoms with Gasteiger partial charge in [0.15, 0.2) is 17.1 Å². The molecule has 0 radical (unpaired) electrons. The number of fused-ring (bicyclic) bond motifs is 1. The normalized spacial score (nSPS) is 11.3. The minimum absolute atomic E-state index is 0.0374. The number of phenolic OH excluding ortho intramolecular Hbond substituents is 1. The van der Waals surface area contributed by atoms with Gasteiger partial charge in [-0.15, -0.1) is 0 Å². The number of oxazole rings is 1. The van der Waals surface area contributed by atoms with Crippen LogP contribution in [0.15, 0.2) is 57.9 Å². The molecule has 0 atom stereocenters. The molecule has 0 fully saturated rings. The first kappa shape index (κ1) is 21.0. The van der Waals surface area contributed by atoms with Crippen molar-refractivity contribution in [2.45, 2.75) is 20.8 Å². The largest absolute Gasteiger partial charge is 0.504 e. The van der Waals surface area contributed by atoms with E-state index in [1.807, 2.05) is 50.2 Å². The summed E-state index contributed by atoms with van der Waals surface area (Å²) in [7, 11) is 0. The molecule has 0 amide bonds. The van der Waals surface area contributed by atoms with E-state index in [1.165, 1.54) is 18.3 Å². The van der Waals surface area contributed by atoms with Crippen LogP contribution in [0, 0.1) is 24.0 Å². The van der Waals surface area contributed by atoms with E-state index >= 15 is 0 Å². The van der Waals surface area contributed by atoms with Gasteiger partial charge < -0.3 is 14.3 Å². The molecule has 0 aliphatic heterocycles. The third-order valence-corrected chi connectivity index (χ3v) is 4.94. The second kappa shape index (κ2) is 8.50. The highest BCUT2D eigenvalue weighted by molar-refractivity contribution is 5.88.